The lowest BCUT2D eigenvalue weighted by molar-refractivity contribution is 0.597. The lowest BCUT2D eigenvalue weighted by Gasteiger charge is -1.97. The Hall–Kier alpha value is 0.580. The number of hydrogen-bond donors (Lipinski definition) is 0. The summed E-state index contributed by atoms with van der Waals surface area (Å²) in [7, 11) is 0. The van der Waals surface area contributed by atoms with E-state index < -0.39 is 5.85 Å². The van der Waals surface area contributed by atoms with Crippen LogP contribution < -0.4 is 0 Å². The molecule has 0 spiro atoms. The smallest absolute Gasteiger partial charge is 0.276 e. The van der Waals surface area contributed by atoms with E-state index in [2.05, 4.69) is 0 Å². The van der Waals surface area contributed by atoms with Gasteiger partial charge >= 0.3 is 0 Å². The van der Waals surface area contributed by atoms with E-state index in [9.17, 15) is 4.57 Å². The van der Waals surface area contributed by atoms with Gasteiger partial charge in [-0.25, -0.2) is 0 Å². The van der Waals surface area contributed by atoms with Gasteiger partial charge in [-0.2, -0.15) is 0 Å². The minimum absolute atomic E-state index is 0.334. The molecule has 0 saturated heterocycles. The van der Waals surface area contributed by atoms with Crippen molar-refractivity contribution < 1.29 is 4.57 Å². The molecule has 0 aliphatic rings. The summed E-state index contributed by atoms with van der Waals surface area (Å²) in [6, 6.07) is 0. The molecule has 0 aromatic rings. The van der Waals surface area contributed by atoms with E-state index in [-0.39, 0.29) is 0 Å². The van der Waals surface area contributed by atoms with Crippen molar-refractivity contribution in [3.05, 3.63) is 22.5 Å². The molecular formula is C6H8Cl3OP. The molecule has 0 aromatic heterocycles. The molecule has 0 atom stereocenters. The van der Waals surface area contributed by atoms with Gasteiger partial charge in [0.25, 0.3) is 5.85 Å². The first-order chi connectivity index (χ1) is 4.87. The molecule has 64 valence electrons. The van der Waals surface area contributed by atoms with Crippen LogP contribution in [0.25, 0.3) is 0 Å². The summed E-state index contributed by atoms with van der Waals surface area (Å²) in [5.41, 5.74) is 0.799. The van der Waals surface area contributed by atoms with E-state index in [0.29, 0.717) is 5.03 Å². The molecule has 0 rings (SSSR count). The van der Waals surface area contributed by atoms with Crippen molar-refractivity contribution in [2.24, 2.45) is 0 Å². The Morgan fingerprint density at radius 2 is 1.91 bits per heavy atom. The predicted molar refractivity (Wildman–Crippen MR) is 52.7 cm³/mol. The highest BCUT2D eigenvalue weighted by atomic mass is 35.9. The number of halogens is 3. The third kappa shape index (κ3) is 5.81. The van der Waals surface area contributed by atoms with E-state index in [1.54, 1.807) is 13.0 Å². The van der Waals surface area contributed by atoms with Gasteiger partial charge in [-0.05, 0) is 41.9 Å². The summed E-state index contributed by atoms with van der Waals surface area (Å²) in [6.45, 7) is 3.60. The van der Waals surface area contributed by atoms with E-state index in [0.717, 1.165) is 11.4 Å². The average molecular weight is 233 g/mol. The molecule has 0 aliphatic heterocycles. The maximum atomic E-state index is 10.8. The van der Waals surface area contributed by atoms with Crippen LogP contribution in [0, 0.1) is 0 Å². The quantitative estimate of drug-likeness (QED) is 0.499. The van der Waals surface area contributed by atoms with E-state index >= 15 is 0 Å². The first-order valence-electron chi connectivity index (χ1n) is 2.87. The number of allylic oxidation sites excluding steroid dienone is 3. The third-order valence-electron chi connectivity index (χ3n) is 1.07. The fourth-order valence-electron chi connectivity index (χ4n) is 0.372. The van der Waals surface area contributed by atoms with E-state index in [1.807, 2.05) is 6.92 Å². The van der Waals surface area contributed by atoms with Crippen LogP contribution in [0.15, 0.2) is 22.5 Å². The summed E-state index contributed by atoms with van der Waals surface area (Å²) in [6.07, 6.45) is 1.78. The number of hydrogen-bond acceptors (Lipinski definition) is 1. The standard InChI is InChI=1S/C6H8Cl3OP/c1-3-5(2)6(7)4-11(8,9)10/h3-4H,1-2H3/b5-3-,6-4-. The molecule has 0 fully saturated rings. The fraction of sp³-hybridized carbons (Fsp3) is 0.333. The van der Waals surface area contributed by atoms with E-state index in [1.165, 1.54) is 0 Å². The monoisotopic (exact) mass is 232 g/mol. The third-order valence-corrected chi connectivity index (χ3v) is 2.78. The maximum absolute atomic E-state index is 10.8. The largest absolute Gasteiger partial charge is 0.285 e. The Morgan fingerprint density at radius 1 is 1.45 bits per heavy atom. The molecule has 0 aliphatic carbocycles. The van der Waals surface area contributed by atoms with Crippen LogP contribution >= 0.6 is 39.9 Å². The van der Waals surface area contributed by atoms with Gasteiger partial charge in [0.1, 0.15) is 0 Å². The van der Waals surface area contributed by atoms with Crippen LogP contribution in [-0.2, 0) is 4.57 Å². The molecule has 0 aromatic carbocycles. The van der Waals surface area contributed by atoms with Gasteiger partial charge in [-0.15, -0.1) is 0 Å². The molecule has 0 heterocycles. The lowest BCUT2D eigenvalue weighted by Crippen LogP contribution is -1.72. The topological polar surface area (TPSA) is 17.1 Å². The molecule has 0 unspecified atom stereocenters. The zero-order valence-corrected chi connectivity index (χ0v) is 9.31. The Bertz CT molecular complexity index is 238. The molecule has 1 nitrogen and oxygen atoms in total. The normalized spacial score (nSPS) is 15.4. The van der Waals surface area contributed by atoms with Crippen molar-refractivity contribution in [3.8, 4) is 0 Å². The Balaban J connectivity index is 4.62. The maximum Gasteiger partial charge on any atom is 0.276 e. The van der Waals surface area contributed by atoms with Crippen LogP contribution in [-0.4, -0.2) is 0 Å². The van der Waals surface area contributed by atoms with Gasteiger partial charge in [-0.3, -0.25) is 4.57 Å². The summed E-state index contributed by atoms with van der Waals surface area (Å²) in [5, 5.41) is 0.334. The Kier molecular flexibility index (Phi) is 4.81. The van der Waals surface area contributed by atoms with Gasteiger partial charge in [0.15, 0.2) is 0 Å². The molecule has 0 N–H and O–H groups in total. The average Bonchev–Trinajstić information content (AvgIpc) is 1.82. The minimum Gasteiger partial charge on any atom is -0.285 e. The van der Waals surface area contributed by atoms with Crippen molar-refractivity contribution in [1.29, 1.82) is 0 Å². The lowest BCUT2D eigenvalue weighted by atomic mass is 10.3. The zero-order valence-electron chi connectivity index (χ0n) is 6.14. The fourth-order valence-corrected chi connectivity index (χ4v) is 2.25. The van der Waals surface area contributed by atoms with Gasteiger partial charge in [-0.1, -0.05) is 17.7 Å². The predicted octanol–water partition coefficient (Wildman–Crippen LogP) is 4.70. The Morgan fingerprint density at radius 3 is 2.18 bits per heavy atom. The molecule has 11 heavy (non-hydrogen) atoms. The molecule has 0 saturated carbocycles. The summed E-state index contributed by atoms with van der Waals surface area (Å²) < 4.78 is 10.8. The van der Waals surface area contributed by atoms with Crippen LogP contribution in [0.3, 0.4) is 0 Å². The van der Waals surface area contributed by atoms with Gasteiger partial charge in [0, 0.05) is 10.8 Å². The second-order valence-electron chi connectivity index (χ2n) is 1.95. The summed E-state index contributed by atoms with van der Waals surface area (Å²) in [5.74, 6) is -2.02. The first-order valence-corrected chi connectivity index (χ1v) is 6.84. The summed E-state index contributed by atoms with van der Waals surface area (Å²) in [4.78, 5) is 0. The summed E-state index contributed by atoms with van der Waals surface area (Å²) >= 11 is 16.2. The van der Waals surface area contributed by atoms with Gasteiger partial charge in [0.2, 0.25) is 0 Å². The van der Waals surface area contributed by atoms with Crippen molar-refractivity contribution in [2.45, 2.75) is 13.8 Å². The van der Waals surface area contributed by atoms with E-state index in [4.69, 9.17) is 34.1 Å². The zero-order chi connectivity index (χ0) is 9.07. The highest BCUT2D eigenvalue weighted by Gasteiger charge is 2.10. The van der Waals surface area contributed by atoms with Gasteiger partial charge in [0.05, 0.1) is 0 Å². The van der Waals surface area contributed by atoms with Crippen LogP contribution in [0.5, 0.6) is 0 Å². The van der Waals surface area contributed by atoms with Crippen molar-refractivity contribution in [3.63, 3.8) is 0 Å². The second-order valence-corrected chi connectivity index (χ2v) is 7.15. The Labute approximate surface area is 81.0 Å². The van der Waals surface area contributed by atoms with Crippen LogP contribution in [0.1, 0.15) is 13.8 Å². The molecule has 0 amide bonds. The van der Waals surface area contributed by atoms with Crippen LogP contribution in [0.2, 0.25) is 0 Å². The first kappa shape index (κ1) is 11.6. The number of rotatable bonds is 2. The highest BCUT2D eigenvalue weighted by molar-refractivity contribution is 8.10. The molecule has 5 heteroatoms. The van der Waals surface area contributed by atoms with Crippen molar-refractivity contribution in [2.75, 3.05) is 0 Å². The highest BCUT2D eigenvalue weighted by Crippen LogP contribution is 2.59. The minimum atomic E-state index is -3.18. The van der Waals surface area contributed by atoms with Crippen molar-refractivity contribution >= 4 is 39.9 Å². The molecular weight excluding hydrogens is 225 g/mol. The molecule has 0 bridgehead atoms. The molecule has 0 radical (unpaired) electrons. The van der Waals surface area contributed by atoms with Crippen LogP contribution in [0.4, 0.5) is 0 Å². The van der Waals surface area contributed by atoms with Crippen molar-refractivity contribution in [1.82, 2.24) is 0 Å². The SMILES string of the molecule is C/C=C(C)\C(Cl)=C\P(=O)(Cl)Cl. The second kappa shape index (κ2) is 4.57. The van der Waals surface area contributed by atoms with Gasteiger partial charge < -0.3 is 0 Å².